The monoisotopic (exact) mass is 319 g/mol. The highest BCUT2D eigenvalue weighted by molar-refractivity contribution is 5.85. The first-order valence-corrected chi connectivity index (χ1v) is 8.10. The van der Waals surface area contributed by atoms with Gasteiger partial charge in [0.1, 0.15) is 0 Å². The lowest BCUT2D eigenvalue weighted by molar-refractivity contribution is -0.127. The summed E-state index contributed by atoms with van der Waals surface area (Å²) in [4.78, 5) is 23.8. The van der Waals surface area contributed by atoms with Crippen molar-refractivity contribution in [3.63, 3.8) is 0 Å². The van der Waals surface area contributed by atoms with Crippen LogP contribution in [0.5, 0.6) is 0 Å². The molecule has 0 heterocycles. The Labute approximate surface area is 139 Å². The van der Waals surface area contributed by atoms with Crippen molar-refractivity contribution < 1.29 is 9.59 Å². The lowest BCUT2D eigenvalue weighted by Crippen LogP contribution is -2.56. The average molecular weight is 319 g/mol. The van der Waals surface area contributed by atoms with Crippen LogP contribution in [0, 0.1) is 12.8 Å². The van der Waals surface area contributed by atoms with Crippen molar-refractivity contribution in [1.29, 1.82) is 0 Å². The Morgan fingerprint density at radius 1 is 1.17 bits per heavy atom. The Morgan fingerprint density at radius 2 is 1.78 bits per heavy atom. The summed E-state index contributed by atoms with van der Waals surface area (Å²) in [6.07, 6.45) is 1.04. The maximum absolute atomic E-state index is 12.0. The molecule has 0 spiro atoms. The van der Waals surface area contributed by atoms with Gasteiger partial charge in [-0.25, -0.2) is 0 Å². The molecule has 0 saturated carbocycles. The van der Waals surface area contributed by atoms with Crippen LogP contribution in [-0.2, 0) is 16.0 Å². The first kappa shape index (κ1) is 19.2. The summed E-state index contributed by atoms with van der Waals surface area (Å²) < 4.78 is 0. The highest BCUT2D eigenvalue weighted by Gasteiger charge is 2.28. The lowest BCUT2D eigenvalue weighted by Gasteiger charge is -2.33. The van der Waals surface area contributed by atoms with Gasteiger partial charge in [-0.15, -0.1) is 0 Å². The maximum Gasteiger partial charge on any atom is 0.239 e. The standard InChI is InChI=1S/C18H29N3O2/c1-13(2)18(4,12-19)21-17(23)11-20-16(22)10-9-15-7-5-14(3)6-8-15/h5-8,13H,9-12,19H2,1-4H3,(H,20,22)(H,21,23). The summed E-state index contributed by atoms with van der Waals surface area (Å²) >= 11 is 0. The molecule has 1 aromatic rings. The molecular weight excluding hydrogens is 290 g/mol. The van der Waals surface area contributed by atoms with Crippen molar-refractivity contribution in [2.24, 2.45) is 11.7 Å². The fourth-order valence-corrected chi connectivity index (χ4v) is 2.07. The van der Waals surface area contributed by atoms with Gasteiger partial charge in [-0.2, -0.15) is 0 Å². The second-order valence-electron chi connectivity index (χ2n) is 6.59. The molecule has 5 heteroatoms. The van der Waals surface area contributed by atoms with Gasteiger partial charge in [0.2, 0.25) is 11.8 Å². The molecule has 1 aromatic carbocycles. The average Bonchev–Trinajstić information content (AvgIpc) is 2.52. The summed E-state index contributed by atoms with van der Waals surface area (Å²) in [5.41, 5.74) is 7.59. The maximum atomic E-state index is 12.0. The van der Waals surface area contributed by atoms with Crippen LogP contribution >= 0.6 is 0 Å². The molecule has 128 valence electrons. The summed E-state index contributed by atoms with van der Waals surface area (Å²) in [6.45, 7) is 8.30. The van der Waals surface area contributed by atoms with Crippen LogP contribution in [-0.4, -0.2) is 30.4 Å². The number of nitrogens with one attached hydrogen (secondary N) is 2. The van der Waals surface area contributed by atoms with Crippen LogP contribution < -0.4 is 16.4 Å². The summed E-state index contributed by atoms with van der Waals surface area (Å²) in [6, 6.07) is 8.09. The van der Waals surface area contributed by atoms with Crippen LogP contribution in [0.1, 0.15) is 38.3 Å². The molecule has 1 unspecified atom stereocenters. The molecule has 1 rings (SSSR count). The number of carbonyl (C=O) groups excluding carboxylic acids is 2. The molecule has 0 aliphatic rings. The number of aryl methyl sites for hydroxylation is 2. The van der Waals surface area contributed by atoms with E-state index in [0.29, 0.717) is 19.4 Å². The van der Waals surface area contributed by atoms with E-state index in [0.717, 1.165) is 5.56 Å². The van der Waals surface area contributed by atoms with Gasteiger partial charge in [0.05, 0.1) is 12.1 Å². The van der Waals surface area contributed by atoms with Crippen LogP contribution in [0.2, 0.25) is 0 Å². The zero-order valence-electron chi connectivity index (χ0n) is 14.6. The molecular formula is C18H29N3O2. The van der Waals surface area contributed by atoms with Gasteiger partial charge in [-0.1, -0.05) is 43.7 Å². The minimum atomic E-state index is -0.455. The van der Waals surface area contributed by atoms with Crippen molar-refractivity contribution in [3.05, 3.63) is 35.4 Å². The first-order valence-electron chi connectivity index (χ1n) is 8.10. The molecule has 1 atom stereocenters. The van der Waals surface area contributed by atoms with E-state index in [2.05, 4.69) is 10.6 Å². The number of rotatable bonds is 8. The third kappa shape index (κ3) is 6.40. The Hall–Kier alpha value is -1.88. The summed E-state index contributed by atoms with van der Waals surface area (Å²) in [7, 11) is 0. The topological polar surface area (TPSA) is 84.2 Å². The minimum Gasteiger partial charge on any atom is -0.348 e. The molecule has 4 N–H and O–H groups in total. The smallest absolute Gasteiger partial charge is 0.239 e. The fourth-order valence-electron chi connectivity index (χ4n) is 2.07. The zero-order chi connectivity index (χ0) is 17.5. The van der Waals surface area contributed by atoms with E-state index in [1.54, 1.807) is 0 Å². The van der Waals surface area contributed by atoms with E-state index in [-0.39, 0.29) is 24.3 Å². The second-order valence-corrected chi connectivity index (χ2v) is 6.59. The number of carbonyl (C=O) groups is 2. The Balaban J connectivity index is 2.35. The van der Waals surface area contributed by atoms with E-state index in [1.807, 2.05) is 52.0 Å². The molecule has 2 amide bonds. The lowest BCUT2D eigenvalue weighted by atomic mass is 9.88. The third-order valence-electron chi connectivity index (χ3n) is 4.33. The zero-order valence-corrected chi connectivity index (χ0v) is 14.6. The number of benzene rings is 1. The van der Waals surface area contributed by atoms with Crippen LogP contribution in [0.15, 0.2) is 24.3 Å². The van der Waals surface area contributed by atoms with E-state index >= 15 is 0 Å². The van der Waals surface area contributed by atoms with Gasteiger partial charge in [0.25, 0.3) is 0 Å². The summed E-state index contributed by atoms with van der Waals surface area (Å²) in [5.74, 6) is -0.122. The van der Waals surface area contributed by atoms with Crippen LogP contribution in [0.3, 0.4) is 0 Å². The largest absolute Gasteiger partial charge is 0.348 e. The van der Waals surface area contributed by atoms with Gasteiger partial charge >= 0.3 is 0 Å². The quantitative estimate of drug-likeness (QED) is 0.679. The molecule has 0 aromatic heterocycles. The molecule has 0 bridgehead atoms. The fraction of sp³-hybridized carbons (Fsp3) is 0.556. The molecule has 0 saturated heterocycles. The molecule has 0 radical (unpaired) electrons. The molecule has 23 heavy (non-hydrogen) atoms. The van der Waals surface area contributed by atoms with Crippen LogP contribution in [0.4, 0.5) is 0 Å². The Kier molecular flexibility index (Phi) is 7.23. The van der Waals surface area contributed by atoms with Gasteiger partial charge in [0.15, 0.2) is 0 Å². The van der Waals surface area contributed by atoms with Gasteiger partial charge in [0, 0.05) is 13.0 Å². The Morgan fingerprint density at radius 3 is 2.30 bits per heavy atom. The van der Waals surface area contributed by atoms with Crippen molar-refractivity contribution in [1.82, 2.24) is 10.6 Å². The molecule has 0 fully saturated rings. The van der Waals surface area contributed by atoms with Crippen molar-refractivity contribution in [3.8, 4) is 0 Å². The number of amides is 2. The molecule has 0 aliphatic carbocycles. The minimum absolute atomic E-state index is 0.0188. The van der Waals surface area contributed by atoms with Crippen LogP contribution in [0.25, 0.3) is 0 Å². The third-order valence-corrected chi connectivity index (χ3v) is 4.33. The predicted molar refractivity (Wildman–Crippen MR) is 92.9 cm³/mol. The van der Waals surface area contributed by atoms with E-state index in [4.69, 9.17) is 5.73 Å². The van der Waals surface area contributed by atoms with Crippen molar-refractivity contribution in [2.45, 2.75) is 46.1 Å². The SMILES string of the molecule is Cc1ccc(CCC(=O)NCC(=O)NC(C)(CN)C(C)C)cc1. The van der Waals surface area contributed by atoms with Gasteiger partial charge in [-0.3, -0.25) is 9.59 Å². The highest BCUT2D eigenvalue weighted by Crippen LogP contribution is 2.14. The van der Waals surface area contributed by atoms with E-state index in [1.165, 1.54) is 5.56 Å². The number of hydrogen-bond acceptors (Lipinski definition) is 3. The van der Waals surface area contributed by atoms with Crippen molar-refractivity contribution in [2.75, 3.05) is 13.1 Å². The van der Waals surface area contributed by atoms with Gasteiger partial charge in [-0.05, 0) is 31.7 Å². The first-order chi connectivity index (χ1) is 10.8. The second kappa shape index (κ2) is 8.67. The predicted octanol–water partition coefficient (Wildman–Crippen LogP) is 1.53. The number of nitrogens with two attached hydrogens (primary N) is 1. The molecule has 0 aliphatic heterocycles. The summed E-state index contributed by atoms with van der Waals surface area (Å²) in [5, 5.41) is 5.56. The molecule has 5 nitrogen and oxygen atoms in total. The van der Waals surface area contributed by atoms with E-state index in [9.17, 15) is 9.59 Å². The Bertz CT molecular complexity index is 526. The van der Waals surface area contributed by atoms with Crippen molar-refractivity contribution >= 4 is 11.8 Å². The van der Waals surface area contributed by atoms with Gasteiger partial charge < -0.3 is 16.4 Å². The number of hydrogen-bond donors (Lipinski definition) is 3. The van der Waals surface area contributed by atoms with E-state index < -0.39 is 5.54 Å². The highest BCUT2D eigenvalue weighted by atomic mass is 16.2. The normalized spacial score (nSPS) is 13.5.